The Morgan fingerprint density at radius 2 is 0.533 bits per heavy atom. The van der Waals surface area contributed by atoms with Crippen molar-refractivity contribution in [2.75, 3.05) is 0 Å². The summed E-state index contributed by atoms with van der Waals surface area (Å²) in [6.45, 7) is 21.0. The highest BCUT2D eigenvalue weighted by molar-refractivity contribution is 5.48. The number of hydrogen-bond donors (Lipinski definition) is 6. The van der Waals surface area contributed by atoms with E-state index in [0.29, 0.717) is 69.3 Å². The van der Waals surface area contributed by atoms with Gasteiger partial charge in [0.2, 0.25) is 0 Å². The molecular weight excluding hydrogens is 1330 g/mol. The highest BCUT2D eigenvalue weighted by Gasteiger charge is 2.19. The third-order valence-electron chi connectivity index (χ3n) is 16.5. The molecule has 12 aromatic rings. The molecule has 0 radical (unpaired) electrons. The predicted molar refractivity (Wildman–Crippen MR) is 435 cm³/mol. The molecule has 0 aliphatic heterocycles. The maximum absolute atomic E-state index is 10.0. The number of hydrogen-bond acceptors (Lipinski definition) is 12. The van der Waals surface area contributed by atoms with Crippen LogP contribution in [0, 0.1) is 5.92 Å². The van der Waals surface area contributed by atoms with Crippen molar-refractivity contribution in [1.29, 1.82) is 0 Å². The molecule has 0 fully saturated rings. The van der Waals surface area contributed by atoms with Crippen LogP contribution in [0.25, 0.3) is 0 Å². The monoisotopic (exact) mass is 1440 g/mol. The van der Waals surface area contributed by atoms with Crippen molar-refractivity contribution in [1.82, 2.24) is 0 Å². The van der Waals surface area contributed by atoms with Crippen molar-refractivity contribution in [3.63, 3.8) is 0 Å². The van der Waals surface area contributed by atoms with E-state index < -0.39 is 0 Å². The lowest BCUT2D eigenvalue weighted by Crippen LogP contribution is -2.11. The molecule has 0 bridgehead atoms. The maximum atomic E-state index is 10.0. The first-order valence-electron chi connectivity index (χ1n) is 37.0. The molecule has 0 atom stereocenters. The summed E-state index contributed by atoms with van der Waals surface area (Å²) in [5, 5.41) is 59.5. The summed E-state index contributed by atoms with van der Waals surface area (Å²) in [6.07, 6.45) is 10.3. The Kier molecular flexibility index (Phi) is 34.0. The van der Waals surface area contributed by atoms with E-state index in [1.165, 1.54) is 12.8 Å². The molecule has 558 valence electrons. The predicted octanol–water partition coefficient (Wildman–Crippen LogP) is 26.8. The van der Waals surface area contributed by atoms with Crippen LogP contribution in [0.4, 0.5) is 0 Å². The standard InChI is InChI=1S/C17H20O2.3C16H18O2.2C15H16O2/c1-2-3-5-8-14-11-12-16(13-17(14)18)19-15-9-6-4-7-10-15;1-16(2,3)14-10-9-13(11-15(14)17)18-12-7-5-4-6-8-12;1-12(2)10-13-8-9-15(11-16(13)17)18-14-6-4-3-5-7-14;1-2-3-7-13-10-11-15(12-16(13)17)18-14-8-5-4-6-9-14;1-11(2)14-9-8-13(10-15(14)16)17-12-6-4-3-5-7-12;1-2-6-12-9-10-14(11-15(12)16)17-13-7-4-3-5-8-13/h4,6-7,9-13,18H,2-3,5,8H2,1H3;4-11,17H,1-3H3;3-9,11-12,17H,10H2,1-2H3;4-6,8-12,17H,2-3,7H2,1H3;3-11,16H,1-2H3;3-5,7-11,16H,2,6H2,1H3. The average Bonchev–Trinajstić information content (AvgIpc) is 0.845. The van der Waals surface area contributed by atoms with E-state index in [9.17, 15) is 30.6 Å². The molecule has 0 heterocycles. The van der Waals surface area contributed by atoms with Crippen LogP contribution in [0.5, 0.6) is 103 Å². The van der Waals surface area contributed by atoms with Gasteiger partial charge in [-0.1, -0.05) is 241 Å². The molecule has 0 amide bonds. The second-order valence-corrected chi connectivity index (χ2v) is 27.4. The Morgan fingerprint density at radius 1 is 0.262 bits per heavy atom. The molecule has 0 aliphatic carbocycles. The van der Waals surface area contributed by atoms with Gasteiger partial charge in [-0.25, -0.2) is 0 Å². The number of unbranched alkanes of at least 4 members (excludes halogenated alkanes) is 3. The van der Waals surface area contributed by atoms with Gasteiger partial charge < -0.3 is 59.1 Å². The minimum Gasteiger partial charge on any atom is -0.508 e. The van der Waals surface area contributed by atoms with Crippen LogP contribution in [0.3, 0.4) is 0 Å². The lowest BCUT2D eigenvalue weighted by atomic mass is 9.86. The quantitative estimate of drug-likeness (QED) is 0.0316. The topological polar surface area (TPSA) is 177 Å². The first kappa shape index (κ1) is 82.5. The zero-order chi connectivity index (χ0) is 76.8. The van der Waals surface area contributed by atoms with Crippen LogP contribution in [0.1, 0.15) is 147 Å². The van der Waals surface area contributed by atoms with Gasteiger partial charge in [-0.15, -0.1) is 0 Å². The minimum atomic E-state index is -0.0740. The highest BCUT2D eigenvalue weighted by atomic mass is 16.5. The van der Waals surface area contributed by atoms with Crippen molar-refractivity contribution in [2.24, 2.45) is 5.92 Å². The summed E-state index contributed by atoms with van der Waals surface area (Å²) >= 11 is 0. The van der Waals surface area contributed by atoms with E-state index in [1.807, 2.05) is 269 Å². The Labute approximate surface area is 634 Å². The van der Waals surface area contributed by atoms with E-state index in [2.05, 4.69) is 55.4 Å². The van der Waals surface area contributed by atoms with Crippen LogP contribution in [0.15, 0.2) is 291 Å². The molecule has 12 aromatic carbocycles. The minimum absolute atomic E-state index is 0.0740. The number of ether oxygens (including phenoxy) is 6. The maximum Gasteiger partial charge on any atom is 0.131 e. The number of aromatic hydroxyl groups is 6. The van der Waals surface area contributed by atoms with Crippen molar-refractivity contribution in [3.05, 3.63) is 325 Å². The zero-order valence-electron chi connectivity index (χ0n) is 63.6. The first-order chi connectivity index (χ1) is 51.7. The van der Waals surface area contributed by atoms with Gasteiger partial charge in [-0.05, 0) is 198 Å². The molecule has 0 aliphatic rings. The molecule has 0 saturated heterocycles. The molecule has 0 aromatic heterocycles. The Hall–Kier alpha value is -11.8. The van der Waals surface area contributed by atoms with E-state index in [-0.39, 0.29) is 16.9 Å². The van der Waals surface area contributed by atoms with Gasteiger partial charge in [0.15, 0.2) is 0 Å². The molecule has 107 heavy (non-hydrogen) atoms. The van der Waals surface area contributed by atoms with Gasteiger partial charge in [-0.2, -0.15) is 0 Å². The van der Waals surface area contributed by atoms with Crippen molar-refractivity contribution in [2.45, 2.75) is 145 Å². The van der Waals surface area contributed by atoms with Gasteiger partial charge in [0.25, 0.3) is 0 Å². The normalized spacial score (nSPS) is 10.5. The fourth-order valence-electron chi connectivity index (χ4n) is 10.9. The number of phenolic OH excluding ortho intramolecular Hbond substituents is 6. The van der Waals surface area contributed by atoms with E-state index >= 15 is 0 Å². The number of benzene rings is 12. The molecule has 6 N–H and O–H groups in total. The fraction of sp³-hybridized carbons (Fsp3) is 0.242. The number of phenols is 6. The number of rotatable bonds is 24. The van der Waals surface area contributed by atoms with Gasteiger partial charge in [0.1, 0.15) is 103 Å². The number of aryl methyl sites for hydroxylation is 3. The molecule has 0 spiro atoms. The Morgan fingerprint density at radius 3 is 0.794 bits per heavy atom. The summed E-state index contributed by atoms with van der Waals surface area (Å²) in [5.74, 6) is 11.2. The summed E-state index contributed by atoms with van der Waals surface area (Å²) < 4.78 is 33.9. The molecule has 12 nitrogen and oxygen atoms in total. The molecule has 0 unspecified atom stereocenters. The lowest BCUT2D eigenvalue weighted by Gasteiger charge is -2.20. The average molecular weight is 1440 g/mol. The van der Waals surface area contributed by atoms with Crippen LogP contribution in [-0.4, -0.2) is 30.6 Å². The van der Waals surface area contributed by atoms with E-state index in [0.717, 1.165) is 119 Å². The third-order valence-corrected chi connectivity index (χ3v) is 16.5. The molecule has 12 heteroatoms. The van der Waals surface area contributed by atoms with Crippen LogP contribution >= 0.6 is 0 Å². The summed E-state index contributed by atoms with van der Waals surface area (Å²) in [7, 11) is 0. The molecule has 0 saturated carbocycles. The lowest BCUT2D eigenvalue weighted by molar-refractivity contribution is 0.434. The fourth-order valence-corrected chi connectivity index (χ4v) is 10.9. The molecular formula is C95H106O12. The molecule has 12 rings (SSSR count). The first-order valence-corrected chi connectivity index (χ1v) is 37.0. The summed E-state index contributed by atoms with van der Waals surface area (Å²) in [4.78, 5) is 0. The van der Waals surface area contributed by atoms with Gasteiger partial charge in [-0.3, -0.25) is 0 Å². The van der Waals surface area contributed by atoms with Crippen molar-refractivity contribution in [3.8, 4) is 103 Å². The van der Waals surface area contributed by atoms with Crippen LogP contribution < -0.4 is 28.4 Å². The second-order valence-electron chi connectivity index (χ2n) is 27.4. The smallest absolute Gasteiger partial charge is 0.131 e. The zero-order valence-corrected chi connectivity index (χ0v) is 63.6. The van der Waals surface area contributed by atoms with E-state index in [4.69, 9.17) is 28.4 Å². The highest BCUT2D eigenvalue weighted by Crippen LogP contribution is 2.37. The summed E-state index contributed by atoms with van der Waals surface area (Å²) in [6, 6.07) is 90.2. The largest absolute Gasteiger partial charge is 0.508 e. The van der Waals surface area contributed by atoms with E-state index in [1.54, 1.807) is 36.4 Å². The van der Waals surface area contributed by atoms with Crippen LogP contribution in [-0.2, 0) is 31.1 Å². The van der Waals surface area contributed by atoms with Gasteiger partial charge in [0.05, 0.1) is 0 Å². The number of para-hydroxylation sites is 6. The van der Waals surface area contributed by atoms with Crippen LogP contribution in [0.2, 0.25) is 0 Å². The van der Waals surface area contributed by atoms with Gasteiger partial charge in [0, 0.05) is 36.4 Å². The SMILES string of the molecule is CC(C)(C)c1ccc(Oc2ccccc2)cc1O.CC(C)Cc1ccc(Oc2ccccc2)cc1O.CC(C)c1ccc(Oc2ccccc2)cc1O.CCCCCc1ccc(Oc2ccccc2)cc1O.CCCCc1ccc(Oc2ccccc2)cc1O.CCCc1ccc(Oc2ccccc2)cc1O. The van der Waals surface area contributed by atoms with Gasteiger partial charge >= 0.3 is 0 Å². The van der Waals surface area contributed by atoms with Crippen molar-refractivity contribution >= 4 is 0 Å². The third kappa shape index (κ3) is 29.7. The summed E-state index contributed by atoms with van der Waals surface area (Å²) in [5.41, 5.74) is 5.69. The Balaban J connectivity index is 0.000000179. The second kappa shape index (κ2) is 44.1. The van der Waals surface area contributed by atoms with Crippen molar-refractivity contribution < 1.29 is 59.1 Å². The Bertz CT molecular complexity index is 4490.